The molecule has 0 unspecified atom stereocenters. The van der Waals surface area contributed by atoms with E-state index in [1.54, 1.807) is 41.7 Å². The predicted molar refractivity (Wildman–Crippen MR) is 87.9 cm³/mol. The summed E-state index contributed by atoms with van der Waals surface area (Å²) >= 11 is 1.58. The number of nitrogens with one attached hydrogen (secondary N) is 1. The van der Waals surface area contributed by atoms with Crippen molar-refractivity contribution in [3.63, 3.8) is 0 Å². The molecule has 0 bridgehead atoms. The molecule has 0 aliphatic carbocycles. The van der Waals surface area contributed by atoms with Gasteiger partial charge in [0.05, 0.1) is 0 Å². The van der Waals surface area contributed by atoms with Crippen LogP contribution in [0.1, 0.15) is 10.4 Å². The third kappa shape index (κ3) is 4.75. The summed E-state index contributed by atoms with van der Waals surface area (Å²) in [5.74, 6) is -0.321. The highest BCUT2D eigenvalue weighted by Gasteiger charge is 2.02. The fraction of sp³-hybridized carbons (Fsp3) is 0.125. The second-order valence-electron chi connectivity index (χ2n) is 4.57. The van der Waals surface area contributed by atoms with Crippen LogP contribution in [0.5, 0.6) is 5.75 Å². The first kappa shape index (κ1) is 15.8. The van der Waals surface area contributed by atoms with Crippen LogP contribution in [0.4, 0.5) is 5.69 Å². The third-order valence-electron chi connectivity index (χ3n) is 2.77. The fourth-order valence-corrected chi connectivity index (χ4v) is 2.53. The molecular weight excluding hydrogens is 300 g/mol. The minimum Gasteiger partial charge on any atom is -0.484 e. The number of hydrogen-bond acceptors (Lipinski definition) is 4. The molecule has 0 aliphatic heterocycles. The zero-order chi connectivity index (χ0) is 15.9. The number of aryl methyl sites for hydroxylation is 1. The Morgan fingerprint density at radius 1 is 1.36 bits per heavy atom. The van der Waals surface area contributed by atoms with E-state index in [-0.39, 0.29) is 12.5 Å². The Labute approximate surface area is 132 Å². The number of rotatable bonds is 6. The first-order valence-electron chi connectivity index (χ1n) is 6.59. The number of hydrogen-bond donors (Lipinski definition) is 2. The fourth-order valence-electron chi connectivity index (χ4n) is 1.71. The largest absolute Gasteiger partial charge is 0.484 e. The highest BCUT2D eigenvalue weighted by molar-refractivity contribution is 7.11. The standard InChI is InChI=1S/C16H16N2O3S/c1-11-7-8-22-14(11)5-6-16(20)18-12-3-2-4-13(9-12)21-10-15(17)19/h2-9H,10H2,1H3,(H2,17,19)(H,18,20)/b6-5+. The Hall–Kier alpha value is -2.60. The number of carbonyl (C=O) groups is 2. The summed E-state index contributed by atoms with van der Waals surface area (Å²) < 4.78 is 5.18. The molecule has 1 aromatic heterocycles. The van der Waals surface area contributed by atoms with Crippen LogP contribution in [0, 0.1) is 6.92 Å². The first-order chi connectivity index (χ1) is 10.5. The van der Waals surface area contributed by atoms with Gasteiger partial charge in [-0.2, -0.15) is 0 Å². The first-order valence-corrected chi connectivity index (χ1v) is 7.47. The number of nitrogens with two attached hydrogens (primary N) is 1. The van der Waals surface area contributed by atoms with Crippen molar-refractivity contribution < 1.29 is 14.3 Å². The molecule has 1 aromatic carbocycles. The number of thiophene rings is 1. The van der Waals surface area contributed by atoms with Gasteiger partial charge in [-0.3, -0.25) is 9.59 Å². The zero-order valence-electron chi connectivity index (χ0n) is 12.0. The van der Waals surface area contributed by atoms with E-state index < -0.39 is 5.91 Å². The minimum absolute atomic E-state index is 0.199. The van der Waals surface area contributed by atoms with Gasteiger partial charge in [0.15, 0.2) is 6.61 Å². The van der Waals surface area contributed by atoms with Gasteiger partial charge < -0.3 is 15.8 Å². The molecule has 0 aliphatic rings. The minimum atomic E-state index is -0.552. The second-order valence-corrected chi connectivity index (χ2v) is 5.52. The van der Waals surface area contributed by atoms with Crippen molar-refractivity contribution in [2.24, 2.45) is 5.73 Å². The lowest BCUT2D eigenvalue weighted by Gasteiger charge is -2.06. The van der Waals surface area contributed by atoms with Gasteiger partial charge in [0, 0.05) is 22.7 Å². The quantitative estimate of drug-likeness (QED) is 0.804. The maximum Gasteiger partial charge on any atom is 0.255 e. The van der Waals surface area contributed by atoms with Gasteiger partial charge in [-0.05, 0) is 42.1 Å². The van der Waals surface area contributed by atoms with Crippen molar-refractivity contribution >= 4 is 34.9 Å². The summed E-state index contributed by atoms with van der Waals surface area (Å²) in [4.78, 5) is 23.6. The lowest BCUT2D eigenvalue weighted by Crippen LogP contribution is -2.20. The van der Waals surface area contributed by atoms with E-state index >= 15 is 0 Å². The molecule has 22 heavy (non-hydrogen) atoms. The van der Waals surface area contributed by atoms with Gasteiger partial charge in [-0.15, -0.1) is 11.3 Å². The van der Waals surface area contributed by atoms with E-state index in [2.05, 4.69) is 5.32 Å². The molecule has 6 heteroatoms. The van der Waals surface area contributed by atoms with Gasteiger partial charge in [0.2, 0.25) is 5.91 Å². The Morgan fingerprint density at radius 2 is 2.18 bits per heavy atom. The Kier molecular flexibility index (Phi) is 5.32. The Bertz CT molecular complexity index is 707. The van der Waals surface area contributed by atoms with Crippen molar-refractivity contribution in [3.05, 3.63) is 52.2 Å². The molecular formula is C16H16N2O3S. The third-order valence-corrected chi connectivity index (χ3v) is 3.75. The molecule has 5 nitrogen and oxygen atoms in total. The zero-order valence-corrected chi connectivity index (χ0v) is 12.9. The average molecular weight is 316 g/mol. The second kappa shape index (κ2) is 7.42. The van der Waals surface area contributed by atoms with Crippen LogP contribution in [0.2, 0.25) is 0 Å². The van der Waals surface area contributed by atoms with E-state index in [0.29, 0.717) is 11.4 Å². The number of amides is 2. The van der Waals surface area contributed by atoms with Gasteiger partial charge in [-0.25, -0.2) is 0 Å². The van der Waals surface area contributed by atoms with Gasteiger partial charge in [0.1, 0.15) is 5.75 Å². The van der Waals surface area contributed by atoms with E-state index in [0.717, 1.165) is 10.4 Å². The molecule has 0 atom stereocenters. The van der Waals surface area contributed by atoms with Gasteiger partial charge >= 0.3 is 0 Å². The van der Waals surface area contributed by atoms with Gasteiger partial charge in [0.25, 0.3) is 5.91 Å². The monoisotopic (exact) mass is 316 g/mol. The Balaban J connectivity index is 1.96. The lowest BCUT2D eigenvalue weighted by atomic mass is 10.2. The molecule has 114 valence electrons. The summed E-state index contributed by atoms with van der Waals surface area (Å²) in [5.41, 5.74) is 6.73. The molecule has 2 amide bonds. The number of carbonyl (C=O) groups excluding carboxylic acids is 2. The van der Waals surface area contributed by atoms with Crippen LogP contribution in [0.3, 0.4) is 0 Å². The van der Waals surface area contributed by atoms with Crippen molar-refractivity contribution in [3.8, 4) is 5.75 Å². The molecule has 2 rings (SSSR count). The van der Waals surface area contributed by atoms with Crippen molar-refractivity contribution in [2.45, 2.75) is 6.92 Å². The highest BCUT2D eigenvalue weighted by Crippen LogP contribution is 2.19. The van der Waals surface area contributed by atoms with Crippen LogP contribution in [-0.2, 0) is 9.59 Å². The molecule has 0 saturated carbocycles. The maximum atomic E-state index is 11.9. The number of ether oxygens (including phenoxy) is 1. The normalized spacial score (nSPS) is 10.6. The molecule has 0 spiro atoms. The van der Waals surface area contributed by atoms with E-state index in [4.69, 9.17) is 10.5 Å². The van der Waals surface area contributed by atoms with Crippen molar-refractivity contribution in [2.75, 3.05) is 11.9 Å². The Morgan fingerprint density at radius 3 is 2.86 bits per heavy atom. The van der Waals surface area contributed by atoms with E-state index in [1.165, 1.54) is 6.08 Å². The molecule has 0 saturated heterocycles. The highest BCUT2D eigenvalue weighted by atomic mass is 32.1. The molecule has 0 fully saturated rings. The summed E-state index contributed by atoms with van der Waals surface area (Å²) in [6, 6.07) is 8.77. The van der Waals surface area contributed by atoms with Crippen molar-refractivity contribution in [1.82, 2.24) is 0 Å². The van der Waals surface area contributed by atoms with Crippen LogP contribution in [0.15, 0.2) is 41.8 Å². The van der Waals surface area contributed by atoms with Gasteiger partial charge in [-0.1, -0.05) is 6.07 Å². The molecule has 3 N–H and O–H groups in total. The average Bonchev–Trinajstić information content (AvgIpc) is 2.89. The van der Waals surface area contributed by atoms with Crippen LogP contribution in [0.25, 0.3) is 6.08 Å². The van der Waals surface area contributed by atoms with Crippen molar-refractivity contribution in [1.29, 1.82) is 0 Å². The predicted octanol–water partition coefficient (Wildman–Crippen LogP) is 2.57. The molecule has 1 heterocycles. The maximum absolute atomic E-state index is 11.9. The summed E-state index contributed by atoms with van der Waals surface area (Å²) in [6.45, 7) is 1.79. The smallest absolute Gasteiger partial charge is 0.255 e. The number of anilines is 1. The number of primary amides is 1. The molecule has 2 aromatic rings. The topological polar surface area (TPSA) is 81.4 Å². The van der Waals surface area contributed by atoms with E-state index in [9.17, 15) is 9.59 Å². The molecule has 0 radical (unpaired) electrons. The SMILES string of the molecule is Cc1ccsc1/C=C/C(=O)Nc1cccc(OCC(N)=O)c1. The van der Waals surface area contributed by atoms with Crippen LogP contribution in [-0.4, -0.2) is 18.4 Å². The van der Waals surface area contributed by atoms with Crippen LogP contribution >= 0.6 is 11.3 Å². The van der Waals surface area contributed by atoms with E-state index in [1.807, 2.05) is 18.4 Å². The summed E-state index contributed by atoms with van der Waals surface area (Å²) in [6.07, 6.45) is 3.26. The summed E-state index contributed by atoms with van der Waals surface area (Å²) in [5, 5.41) is 4.71. The lowest BCUT2D eigenvalue weighted by molar-refractivity contribution is -0.120. The summed E-state index contributed by atoms with van der Waals surface area (Å²) in [7, 11) is 0. The number of benzene rings is 1. The van der Waals surface area contributed by atoms with Crippen LogP contribution < -0.4 is 15.8 Å².